The van der Waals surface area contributed by atoms with Gasteiger partial charge in [-0.1, -0.05) is 19.1 Å². The van der Waals surface area contributed by atoms with Crippen molar-refractivity contribution in [1.82, 2.24) is 4.90 Å². The summed E-state index contributed by atoms with van der Waals surface area (Å²) in [6, 6.07) is 0.180. The lowest BCUT2D eigenvalue weighted by Gasteiger charge is -2.28. The summed E-state index contributed by atoms with van der Waals surface area (Å²) in [7, 11) is 0. The quantitative estimate of drug-likeness (QED) is 0.594. The predicted molar refractivity (Wildman–Crippen MR) is 77.7 cm³/mol. The second kappa shape index (κ2) is 8.75. The summed E-state index contributed by atoms with van der Waals surface area (Å²) < 4.78 is 5.10. The number of hydrogen-bond donors (Lipinski definition) is 1. The molecule has 0 aromatic rings. The van der Waals surface area contributed by atoms with E-state index in [0.29, 0.717) is 0 Å². The highest BCUT2D eigenvalue weighted by atomic mass is 16.5. The second-order valence-corrected chi connectivity index (χ2v) is 5.18. The van der Waals surface area contributed by atoms with Gasteiger partial charge < -0.3 is 14.7 Å². The molecule has 19 heavy (non-hydrogen) atoms. The van der Waals surface area contributed by atoms with Crippen molar-refractivity contribution in [2.24, 2.45) is 5.92 Å². The number of aliphatic hydroxyl groups excluding tert-OH is 1. The molecule has 2 atom stereocenters. The van der Waals surface area contributed by atoms with Gasteiger partial charge in [0.15, 0.2) is 0 Å². The van der Waals surface area contributed by atoms with Gasteiger partial charge in [-0.15, -0.1) is 0 Å². The summed E-state index contributed by atoms with van der Waals surface area (Å²) in [4.78, 5) is 13.5. The zero-order chi connectivity index (χ0) is 15.0. The summed E-state index contributed by atoms with van der Waals surface area (Å²) >= 11 is 0. The van der Waals surface area contributed by atoms with E-state index >= 15 is 0 Å². The zero-order valence-corrected chi connectivity index (χ0v) is 12.8. The molecule has 0 aromatic carbocycles. The van der Waals surface area contributed by atoms with E-state index in [0.717, 1.165) is 0 Å². The number of ether oxygens (including phenoxy) is 1. The number of hydrogen-bond acceptors (Lipinski definition) is 3. The number of allylic oxidation sites excluding steroid dienone is 1. The van der Waals surface area contributed by atoms with Gasteiger partial charge in [-0.25, -0.2) is 4.79 Å². The van der Waals surface area contributed by atoms with Crippen LogP contribution in [-0.2, 0) is 4.74 Å². The van der Waals surface area contributed by atoms with E-state index in [2.05, 4.69) is 0 Å². The first kappa shape index (κ1) is 17.7. The van der Waals surface area contributed by atoms with E-state index in [1.807, 2.05) is 41.5 Å². The largest absolute Gasteiger partial charge is 0.418 e. The molecule has 4 nitrogen and oxygen atoms in total. The molecule has 0 aliphatic carbocycles. The fourth-order valence-electron chi connectivity index (χ4n) is 1.79. The average molecular weight is 269 g/mol. The molecule has 0 unspecified atom stereocenters. The Hall–Kier alpha value is -1.29. The summed E-state index contributed by atoms with van der Waals surface area (Å²) in [5.41, 5.74) is 0. The Bertz CT molecular complexity index is 313. The molecule has 0 aliphatic heterocycles. The molecular formula is C15H27NO3. The molecule has 110 valence electrons. The van der Waals surface area contributed by atoms with Crippen LogP contribution in [0.5, 0.6) is 0 Å². The van der Waals surface area contributed by atoms with Crippen LogP contribution in [0.15, 0.2) is 24.5 Å². The zero-order valence-electron chi connectivity index (χ0n) is 12.8. The Morgan fingerprint density at radius 1 is 1.11 bits per heavy atom. The molecule has 0 fully saturated rings. The van der Waals surface area contributed by atoms with Gasteiger partial charge in [0.05, 0.1) is 12.4 Å². The lowest BCUT2D eigenvalue weighted by atomic mass is 10.1. The Morgan fingerprint density at radius 3 is 2.05 bits per heavy atom. The van der Waals surface area contributed by atoms with E-state index in [4.69, 9.17) is 4.74 Å². The van der Waals surface area contributed by atoms with Gasteiger partial charge in [0.1, 0.15) is 0 Å². The van der Waals surface area contributed by atoms with E-state index < -0.39 is 6.10 Å². The number of carbonyl (C=O) groups is 1. The van der Waals surface area contributed by atoms with Crippen LogP contribution in [0.25, 0.3) is 0 Å². The molecule has 1 amide bonds. The van der Waals surface area contributed by atoms with Crippen LogP contribution >= 0.6 is 0 Å². The van der Waals surface area contributed by atoms with Crippen molar-refractivity contribution in [3.8, 4) is 0 Å². The average Bonchev–Trinajstić information content (AvgIpc) is 2.27. The van der Waals surface area contributed by atoms with Crippen LogP contribution in [0.4, 0.5) is 4.79 Å². The van der Waals surface area contributed by atoms with Crippen LogP contribution in [-0.4, -0.2) is 34.3 Å². The van der Waals surface area contributed by atoms with E-state index in [9.17, 15) is 9.90 Å². The SMILES string of the molecule is C/C=C/[C@@H](O)[C@H](C)/C=C/OC(=O)N(C(C)C)C(C)C. The van der Waals surface area contributed by atoms with Gasteiger partial charge in [-0.3, -0.25) is 0 Å². The Kier molecular flexibility index (Phi) is 8.16. The molecule has 0 aromatic heterocycles. The standard InChI is InChI=1S/C15H27NO3/c1-7-8-14(17)13(6)9-10-19-15(18)16(11(2)3)12(4)5/h7-14,17H,1-6H3/b8-7+,10-9+/t13-,14-/m1/s1. The first-order valence-electron chi connectivity index (χ1n) is 6.77. The first-order chi connectivity index (χ1) is 8.81. The Morgan fingerprint density at radius 2 is 1.63 bits per heavy atom. The predicted octanol–water partition coefficient (Wildman–Crippen LogP) is 3.33. The molecule has 0 aliphatic rings. The maximum absolute atomic E-state index is 11.9. The van der Waals surface area contributed by atoms with Crippen LogP contribution in [0, 0.1) is 5.92 Å². The van der Waals surface area contributed by atoms with Gasteiger partial charge in [0.2, 0.25) is 0 Å². The molecule has 0 spiro atoms. The molecule has 4 heteroatoms. The minimum atomic E-state index is -0.564. The molecule has 0 bridgehead atoms. The third-order valence-corrected chi connectivity index (χ3v) is 2.80. The number of amides is 1. The Balaban J connectivity index is 4.42. The molecule has 0 heterocycles. The fraction of sp³-hybridized carbons (Fsp3) is 0.667. The number of aliphatic hydroxyl groups is 1. The third-order valence-electron chi connectivity index (χ3n) is 2.80. The minimum absolute atomic E-state index is 0.0898. The van der Waals surface area contributed by atoms with Crippen LogP contribution in [0.3, 0.4) is 0 Å². The van der Waals surface area contributed by atoms with E-state index in [1.165, 1.54) is 6.26 Å². The molecule has 0 saturated carbocycles. The van der Waals surface area contributed by atoms with Gasteiger partial charge in [0.25, 0.3) is 0 Å². The van der Waals surface area contributed by atoms with Crippen molar-refractivity contribution in [1.29, 1.82) is 0 Å². The third kappa shape index (κ3) is 6.43. The first-order valence-corrected chi connectivity index (χ1v) is 6.77. The summed E-state index contributed by atoms with van der Waals surface area (Å²) in [5.74, 6) is -0.101. The van der Waals surface area contributed by atoms with Crippen LogP contribution < -0.4 is 0 Å². The monoisotopic (exact) mass is 269 g/mol. The summed E-state index contributed by atoms with van der Waals surface area (Å²) in [6.45, 7) is 11.5. The van der Waals surface area contributed by atoms with Crippen molar-refractivity contribution in [2.75, 3.05) is 0 Å². The topological polar surface area (TPSA) is 49.8 Å². The highest BCUT2D eigenvalue weighted by molar-refractivity contribution is 5.68. The van der Waals surface area contributed by atoms with Crippen molar-refractivity contribution < 1.29 is 14.6 Å². The fourth-order valence-corrected chi connectivity index (χ4v) is 1.79. The van der Waals surface area contributed by atoms with Crippen molar-refractivity contribution in [3.63, 3.8) is 0 Å². The van der Waals surface area contributed by atoms with Gasteiger partial charge in [0, 0.05) is 18.0 Å². The van der Waals surface area contributed by atoms with Crippen molar-refractivity contribution in [3.05, 3.63) is 24.5 Å². The molecule has 1 N–H and O–H groups in total. The number of nitrogens with zero attached hydrogens (tertiary/aromatic N) is 1. The molecule has 0 rings (SSSR count). The highest BCUT2D eigenvalue weighted by Gasteiger charge is 2.20. The maximum atomic E-state index is 11.9. The van der Waals surface area contributed by atoms with E-state index in [1.54, 1.807) is 23.1 Å². The minimum Gasteiger partial charge on any atom is -0.418 e. The van der Waals surface area contributed by atoms with Crippen LogP contribution in [0.2, 0.25) is 0 Å². The summed E-state index contributed by atoms with van der Waals surface area (Å²) in [6.07, 6.45) is 5.60. The smallest absolute Gasteiger partial charge is 0.415 e. The van der Waals surface area contributed by atoms with Crippen molar-refractivity contribution in [2.45, 2.75) is 59.7 Å². The molecule has 0 saturated heterocycles. The van der Waals surface area contributed by atoms with E-state index in [-0.39, 0.29) is 24.1 Å². The number of rotatable bonds is 6. The molecular weight excluding hydrogens is 242 g/mol. The summed E-state index contributed by atoms with van der Waals surface area (Å²) in [5, 5.41) is 9.68. The lowest BCUT2D eigenvalue weighted by molar-refractivity contribution is 0.108. The Labute approximate surface area is 116 Å². The highest BCUT2D eigenvalue weighted by Crippen LogP contribution is 2.10. The van der Waals surface area contributed by atoms with Crippen LogP contribution in [0.1, 0.15) is 41.5 Å². The van der Waals surface area contributed by atoms with Crippen molar-refractivity contribution >= 4 is 6.09 Å². The van der Waals surface area contributed by atoms with Gasteiger partial charge in [-0.2, -0.15) is 0 Å². The van der Waals surface area contributed by atoms with Gasteiger partial charge in [-0.05, 0) is 40.7 Å². The molecule has 0 radical (unpaired) electrons. The normalized spacial score (nSPS) is 15.4. The lowest BCUT2D eigenvalue weighted by Crippen LogP contribution is -2.41. The maximum Gasteiger partial charge on any atom is 0.415 e. The van der Waals surface area contributed by atoms with Gasteiger partial charge >= 0.3 is 6.09 Å². The number of carbonyl (C=O) groups excluding carboxylic acids is 1. The second-order valence-electron chi connectivity index (χ2n) is 5.18.